The lowest BCUT2D eigenvalue weighted by molar-refractivity contribution is 0.609. The molecule has 1 aromatic heterocycles. The van der Waals surface area contributed by atoms with Gasteiger partial charge in [0.05, 0.1) is 11.4 Å². The van der Waals surface area contributed by atoms with Gasteiger partial charge in [0.1, 0.15) is 4.90 Å². The maximum absolute atomic E-state index is 11.5. The van der Waals surface area contributed by atoms with E-state index in [0.29, 0.717) is 5.69 Å². The third-order valence-corrected chi connectivity index (χ3v) is 4.55. The van der Waals surface area contributed by atoms with Crippen LogP contribution in [0, 0.1) is 20.8 Å². The average molecular weight is 319 g/mol. The van der Waals surface area contributed by atoms with Crippen LogP contribution in [0.4, 0.5) is 0 Å². The number of hydrogen-bond acceptors (Lipinski definition) is 3. The van der Waals surface area contributed by atoms with E-state index in [1.807, 2.05) is 32.0 Å². The van der Waals surface area contributed by atoms with Crippen molar-refractivity contribution in [2.24, 2.45) is 0 Å². The van der Waals surface area contributed by atoms with Crippen LogP contribution in [-0.2, 0) is 9.05 Å². The Morgan fingerprint density at radius 2 is 1.63 bits per heavy atom. The zero-order chi connectivity index (χ0) is 14.4. The van der Waals surface area contributed by atoms with E-state index >= 15 is 0 Å². The standard InChI is InChI=1S/C12H12Cl2N2O2S/c1-7-4-8(2)6-10(5-7)16-12(13)11(9(3)15-16)19(14,17)18/h4-6H,1-3H3. The van der Waals surface area contributed by atoms with Crippen molar-refractivity contribution >= 4 is 31.3 Å². The smallest absolute Gasteiger partial charge is 0.220 e. The molecule has 4 nitrogen and oxygen atoms in total. The zero-order valence-corrected chi connectivity index (χ0v) is 12.9. The molecular weight excluding hydrogens is 307 g/mol. The van der Waals surface area contributed by atoms with E-state index in [0.717, 1.165) is 11.1 Å². The molecule has 1 aromatic carbocycles. The van der Waals surface area contributed by atoms with Crippen LogP contribution in [-0.4, -0.2) is 18.2 Å². The molecule has 2 aromatic rings. The first-order chi connectivity index (χ1) is 8.70. The highest BCUT2D eigenvalue weighted by Gasteiger charge is 2.24. The summed E-state index contributed by atoms with van der Waals surface area (Å²) in [7, 11) is 1.45. The van der Waals surface area contributed by atoms with Gasteiger partial charge in [-0.1, -0.05) is 17.7 Å². The quantitative estimate of drug-likeness (QED) is 0.797. The van der Waals surface area contributed by atoms with E-state index in [-0.39, 0.29) is 15.7 Å². The Balaban J connectivity index is 2.72. The molecule has 0 aliphatic carbocycles. The number of rotatable bonds is 2. The average Bonchev–Trinajstić information content (AvgIpc) is 2.51. The number of hydrogen-bond donors (Lipinski definition) is 0. The normalized spacial score (nSPS) is 11.8. The minimum Gasteiger partial charge on any atom is -0.220 e. The van der Waals surface area contributed by atoms with Gasteiger partial charge >= 0.3 is 0 Å². The minimum absolute atomic E-state index is 0.00231. The summed E-state index contributed by atoms with van der Waals surface area (Å²) in [6, 6.07) is 5.75. The van der Waals surface area contributed by atoms with Crippen LogP contribution in [0.1, 0.15) is 16.8 Å². The van der Waals surface area contributed by atoms with Crippen molar-refractivity contribution in [3.8, 4) is 5.69 Å². The number of aromatic nitrogens is 2. The molecular formula is C12H12Cl2N2O2S. The second kappa shape index (κ2) is 4.81. The third kappa shape index (κ3) is 2.78. The molecule has 0 saturated heterocycles. The molecule has 19 heavy (non-hydrogen) atoms. The lowest BCUT2D eigenvalue weighted by atomic mass is 10.1. The van der Waals surface area contributed by atoms with E-state index < -0.39 is 9.05 Å². The predicted molar refractivity (Wildman–Crippen MR) is 75.8 cm³/mol. The number of aryl methyl sites for hydroxylation is 3. The Kier molecular flexibility index (Phi) is 3.64. The third-order valence-electron chi connectivity index (χ3n) is 2.65. The molecule has 0 radical (unpaired) electrons. The van der Waals surface area contributed by atoms with Gasteiger partial charge in [0.25, 0.3) is 9.05 Å². The van der Waals surface area contributed by atoms with Gasteiger partial charge in [0, 0.05) is 10.7 Å². The molecule has 0 bridgehead atoms. The van der Waals surface area contributed by atoms with Crippen molar-refractivity contribution < 1.29 is 8.42 Å². The lowest BCUT2D eigenvalue weighted by Crippen LogP contribution is -1.98. The first-order valence-corrected chi connectivity index (χ1v) is 8.17. The first kappa shape index (κ1) is 14.4. The maximum atomic E-state index is 11.5. The highest BCUT2D eigenvalue weighted by Crippen LogP contribution is 2.30. The van der Waals surface area contributed by atoms with Crippen LogP contribution in [0.3, 0.4) is 0 Å². The number of benzene rings is 1. The van der Waals surface area contributed by atoms with Gasteiger partial charge in [0.15, 0.2) is 5.15 Å². The minimum atomic E-state index is -3.91. The molecule has 0 fully saturated rings. The van der Waals surface area contributed by atoms with E-state index in [9.17, 15) is 8.42 Å². The second-order valence-corrected chi connectivity index (χ2v) is 7.26. The predicted octanol–water partition coefficient (Wildman–Crippen LogP) is 3.38. The summed E-state index contributed by atoms with van der Waals surface area (Å²) >= 11 is 6.09. The van der Waals surface area contributed by atoms with Crippen LogP contribution in [0.25, 0.3) is 5.69 Å². The highest BCUT2D eigenvalue weighted by atomic mass is 35.7. The fourth-order valence-electron chi connectivity index (χ4n) is 2.01. The van der Waals surface area contributed by atoms with Gasteiger partial charge in [-0.25, -0.2) is 13.1 Å². The lowest BCUT2D eigenvalue weighted by Gasteiger charge is -2.06. The molecule has 0 aliphatic heterocycles. The number of halogens is 2. The van der Waals surface area contributed by atoms with Gasteiger partial charge in [-0.3, -0.25) is 0 Å². The molecule has 0 aliphatic rings. The van der Waals surface area contributed by atoms with Gasteiger partial charge in [0.2, 0.25) is 0 Å². The second-order valence-electron chi connectivity index (χ2n) is 4.40. The summed E-state index contributed by atoms with van der Waals surface area (Å²) in [5.74, 6) is 0. The van der Waals surface area contributed by atoms with Gasteiger partial charge in [-0.15, -0.1) is 0 Å². The van der Waals surface area contributed by atoms with Crippen molar-refractivity contribution in [2.45, 2.75) is 25.7 Å². The van der Waals surface area contributed by atoms with E-state index in [1.54, 1.807) is 6.92 Å². The largest absolute Gasteiger partial charge is 0.266 e. The molecule has 0 atom stereocenters. The van der Waals surface area contributed by atoms with Crippen molar-refractivity contribution in [1.82, 2.24) is 9.78 Å². The number of nitrogens with zero attached hydrogens (tertiary/aromatic N) is 2. The van der Waals surface area contributed by atoms with E-state index in [1.165, 1.54) is 4.68 Å². The Morgan fingerprint density at radius 3 is 2.05 bits per heavy atom. The topological polar surface area (TPSA) is 52.0 Å². The molecule has 0 spiro atoms. The molecule has 0 amide bonds. The Bertz CT molecular complexity index is 731. The highest BCUT2D eigenvalue weighted by molar-refractivity contribution is 8.13. The summed E-state index contributed by atoms with van der Waals surface area (Å²) in [6.07, 6.45) is 0. The van der Waals surface area contributed by atoms with Crippen LogP contribution in [0.5, 0.6) is 0 Å². The van der Waals surface area contributed by atoms with Gasteiger partial charge in [-0.2, -0.15) is 5.10 Å². The summed E-state index contributed by atoms with van der Waals surface area (Å²) in [6.45, 7) is 5.44. The molecule has 0 unspecified atom stereocenters. The summed E-state index contributed by atoms with van der Waals surface area (Å²) in [5, 5.41) is 4.15. The fourth-order valence-corrected chi connectivity index (χ4v) is 3.94. The van der Waals surface area contributed by atoms with Crippen molar-refractivity contribution in [3.63, 3.8) is 0 Å². The maximum Gasteiger partial charge on any atom is 0.266 e. The SMILES string of the molecule is Cc1cc(C)cc(-n2nc(C)c(S(=O)(=O)Cl)c2Cl)c1. The van der Waals surface area contributed by atoms with E-state index in [2.05, 4.69) is 5.10 Å². The molecule has 1 heterocycles. The summed E-state index contributed by atoms with van der Waals surface area (Å²) in [5.41, 5.74) is 3.06. The van der Waals surface area contributed by atoms with Crippen molar-refractivity contribution in [1.29, 1.82) is 0 Å². The molecule has 102 valence electrons. The monoisotopic (exact) mass is 318 g/mol. The first-order valence-electron chi connectivity index (χ1n) is 5.48. The van der Waals surface area contributed by atoms with Crippen LogP contribution in [0.15, 0.2) is 23.1 Å². The van der Waals surface area contributed by atoms with E-state index in [4.69, 9.17) is 22.3 Å². The molecule has 0 saturated carbocycles. The van der Waals surface area contributed by atoms with Gasteiger partial charge in [-0.05, 0) is 44.0 Å². The molecule has 0 N–H and O–H groups in total. The Hall–Kier alpha value is -1.04. The molecule has 7 heteroatoms. The Labute approximate surface area is 121 Å². The van der Waals surface area contributed by atoms with Crippen LogP contribution < -0.4 is 0 Å². The Morgan fingerprint density at radius 1 is 1.11 bits per heavy atom. The van der Waals surface area contributed by atoms with Gasteiger partial charge < -0.3 is 0 Å². The van der Waals surface area contributed by atoms with Crippen molar-refractivity contribution in [3.05, 3.63) is 40.2 Å². The van der Waals surface area contributed by atoms with Crippen molar-refractivity contribution in [2.75, 3.05) is 0 Å². The zero-order valence-electron chi connectivity index (χ0n) is 10.6. The summed E-state index contributed by atoms with van der Waals surface area (Å²) < 4.78 is 24.3. The summed E-state index contributed by atoms with van der Waals surface area (Å²) in [4.78, 5) is -0.144. The van der Waals surface area contributed by atoms with Crippen LogP contribution in [0.2, 0.25) is 5.15 Å². The fraction of sp³-hybridized carbons (Fsp3) is 0.250. The molecule has 2 rings (SSSR count). The van der Waals surface area contributed by atoms with Crippen LogP contribution >= 0.6 is 22.3 Å².